The van der Waals surface area contributed by atoms with Crippen LogP contribution in [-0.4, -0.2) is 58.9 Å². The van der Waals surface area contributed by atoms with Crippen LogP contribution in [0.15, 0.2) is 167 Å². The molecule has 446 valence electrons. The van der Waals surface area contributed by atoms with Crippen molar-refractivity contribution < 1.29 is 45.5 Å². The first-order valence-electron chi connectivity index (χ1n) is 28.4. The molecule has 20 heteroatoms. The number of nitrogens with zero attached hydrogens (tertiary/aromatic N) is 10. The van der Waals surface area contributed by atoms with Crippen molar-refractivity contribution in [3.63, 3.8) is 0 Å². The van der Waals surface area contributed by atoms with Crippen molar-refractivity contribution in [3.05, 3.63) is 223 Å². The van der Waals surface area contributed by atoms with Gasteiger partial charge in [0.25, 0.3) is 23.6 Å². The number of halogens is 6. The van der Waals surface area contributed by atoms with Crippen LogP contribution < -0.4 is 9.80 Å². The first-order valence-corrected chi connectivity index (χ1v) is 28.4. The lowest BCUT2D eigenvalue weighted by Crippen LogP contribution is -2.55. The number of allylic oxidation sites excluding steroid dienone is 8. The fourth-order valence-corrected chi connectivity index (χ4v) is 11.1. The van der Waals surface area contributed by atoms with Crippen molar-refractivity contribution in [1.82, 2.24) is 9.80 Å². The maximum absolute atomic E-state index is 15.9. The maximum Gasteiger partial charge on any atom is 0.411 e. The Hall–Kier alpha value is -11.1. The van der Waals surface area contributed by atoms with E-state index < -0.39 is 108 Å². The van der Waals surface area contributed by atoms with Crippen LogP contribution in [0, 0.1) is 68.0 Å². The Balaban J connectivity index is 1.29. The van der Waals surface area contributed by atoms with E-state index in [2.05, 4.69) is 41.8 Å². The molecule has 12 bridgehead atoms. The molecule has 14 nitrogen and oxygen atoms in total. The third kappa shape index (κ3) is 12.9. The minimum absolute atomic E-state index is 0.146. The molecule has 5 heterocycles. The minimum atomic E-state index is -6.40. The molecule has 4 amide bonds. The first-order chi connectivity index (χ1) is 42.7. The number of amides is 4. The van der Waals surface area contributed by atoms with Crippen LogP contribution in [0.1, 0.15) is 140 Å². The molecule has 89 heavy (non-hydrogen) atoms. The largest absolute Gasteiger partial charge is 0.411 e. The zero-order valence-electron chi connectivity index (χ0n) is 48.2. The van der Waals surface area contributed by atoms with E-state index in [1.54, 1.807) is 24.3 Å². The van der Waals surface area contributed by atoms with E-state index in [1.807, 2.05) is 54.6 Å². The summed E-state index contributed by atoms with van der Waals surface area (Å²) in [5.41, 5.74) is -12.2. The molecule has 0 aromatic heterocycles. The van der Waals surface area contributed by atoms with E-state index in [0.29, 0.717) is 36.3 Å². The average molecular weight is 1200 g/mol. The smallest absolute Gasteiger partial charge is 0.367 e. The molecule has 0 fully saturated rings. The molecule has 0 aliphatic carbocycles. The Bertz CT molecular complexity index is 3820. The number of benzene rings is 5. The summed E-state index contributed by atoms with van der Waals surface area (Å²) in [6.45, 7) is 6.86. The molecule has 0 atom stereocenters. The number of hydrogen-bond donors (Lipinski definition) is 0. The van der Waals surface area contributed by atoms with E-state index in [4.69, 9.17) is 0 Å². The number of hydrogen-bond acceptors (Lipinski definition) is 12. The molecule has 0 unspecified atom stereocenters. The third-order valence-corrected chi connectivity index (χ3v) is 15.5. The van der Waals surface area contributed by atoms with E-state index in [-0.39, 0.29) is 34.1 Å². The number of carbonyl (C=O) groups is 4. The summed E-state index contributed by atoms with van der Waals surface area (Å²) in [5, 5.41) is 61.4. The fraction of sp³-hybridized carbons (Fsp3) is 0.246. The lowest BCUT2D eigenvalue weighted by molar-refractivity contribution is -0.288. The highest BCUT2D eigenvalue weighted by molar-refractivity contribution is 6.24. The van der Waals surface area contributed by atoms with Gasteiger partial charge in [0, 0.05) is 37.6 Å². The topological polar surface area (TPSA) is 224 Å². The van der Waals surface area contributed by atoms with Crippen molar-refractivity contribution in [1.29, 1.82) is 31.6 Å². The molecule has 0 saturated carbocycles. The summed E-state index contributed by atoms with van der Waals surface area (Å²) in [4.78, 5) is 62.1. The number of alkyl halides is 6. The standard InChI is InChI=1S/C69H54F6N10O4/c1-3-5-7-9-32-82-43-47-16-11-17-48(34-47)44-83(33-10-8-6-4-2)56-28-22-46(23-29-56)15-13-19-50(38-77)62(52(41-80)42-81)85-64(87)58-31-25-54(36-60(58)66(85)89)67(68(70,71)72,69(73,74)75)53-24-30-57-59(35-53)65(88)84(63(57)86)61(51(39-78)40-79)49(37-76)18-12-14-45-20-26-55(82)27-21-45/h11-31,34-36H,3-10,32-33,43-44H2,1-2H3/b14-12-,15-13?,49-18-,50-19-. The number of carbonyl (C=O) groups excluding carboxylic acids is 4. The monoisotopic (exact) mass is 1200 g/mol. The predicted octanol–water partition coefficient (Wildman–Crippen LogP) is 14.7. The van der Waals surface area contributed by atoms with Gasteiger partial charge in [0.1, 0.15) is 36.4 Å². The summed E-state index contributed by atoms with van der Waals surface area (Å²) in [7, 11) is 0. The molecule has 0 spiro atoms. The van der Waals surface area contributed by atoms with Crippen molar-refractivity contribution in [3.8, 4) is 36.4 Å². The van der Waals surface area contributed by atoms with Crippen molar-refractivity contribution in [2.24, 2.45) is 0 Å². The zero-order chi connectivity index (χ0) is 64.2. The SMILES string of the molecule is CCCCCCN1Cc2cccc(c2)CN(CCCCCC)c2ccc(cc2)/C=C\C=C(\C#N)C(=C(C#N)C#N)N2C(=O)c3ccc(cc3C2=O)C(C(F)(F)F)(C(F)(F)F)c2ccc3c(c2)C(=O)N(C3=O)C(=C(C#N)C#N)/C(C#N)=C\C=Cc2ccc1cc2. The molecule has 5 aliphatic rings. The second kappa shape index (κ2) is 27.5. The maximum atomic E-state index is 15.9. The van der Waals surface area contributed by atoms with Crippen LogP contribution in [0.4, 0.5) is 37.7 Å². The Labute approximate surface area is 510 Å². The van der Waals surface area contributed by atoms with Gasteiger partial charge in [0.15, 0.2) is 11.1 Å². The number of imide groups is 2. The van der Waals surface area contributed by atoms with Crippen molar-refractivity contribution in [2.45, 2.75) is 96.1 Å². The van der Waals surface area contributed by atoms with Gasteiger partial charge in [-0.15, -0.1) is 0 Å². The van der Waals surface area contributed by atoms with Gasteiger partial charge in [-0.05, 0) is 107 Å². The summed E-state index contributed by atoms with van der Waals surface area (Å²) in [5.74, 6) is -6.04. The molecule has 0 radical (unpaired) electrons. The van der Waals surface area contributed by atoms with Gasteiger partial charge in [0.05, 0.1) is 44.8 Å². The summed E-state index contributed by atoms with van der Waals surface area (Å²) in [6.07, 6.45) is 3.15. The summed E-state index contributed by atoms with van der Waals surface area (Å²) < 4.78 is 95.5. The molecular formula is C69H54F6N10O4. The quantitative estimate of drug-likeness (QED) is 0.0551. The van der Waals surface area contributed by atoms with Crippen LogP contribution in [0.3, 0.4) is 0 Å². The summed E-state index contributed by atoms with van der Waals surface area (Å²) in [6, 6.07) is 34.7. The van der Waals surface area contributed by atoms with Crippen LogP contribution in [0.25, 0.3) is 12.2 Å². The van der Waals surface area contributed by atoms with E-state index in [9.17, 15) is 50.7 Å². The van der Waals surface area contributed by atoms with Crippen LogP contribution in [0.2, 0.25) is 0 Å². The first kappa shape index (κ1) is 63.9. The molecule has 0 N–H and O–H groups in total. The number of anilines is 2. The molecule has 5 aromatic rings. The van der Waals surface area contributed by atoms with E-state index in [1.165, 1.54) is 36.4 Å². The Kier molecular flexibility index (Phi) is 19.8. The lowest BCUT2D eigenvalue weighted by Gasteiger charge is -2.38. The van der Waals surface area contributed by atoms with Crippen LogP contribution in [-0.2, 0) is 18.5 Å². The molecule has 0 saturated heterocycles. The zero-order valence-corrected chi connectivity index (χ0v) is 48.2. The molecule has 5 aliphatic heterocycles. The van der Waals surface area contributed by atoms with Crippen LogP contribution >= 0.6 is 0 Å². The van der Waals surface area contributed by atoms with Gasteiger partial charge in [-0.2, -0.15) is 57.9 Å². The van der Waals surface area contributed by atoms with Crippen LogP contribution in [0.5, 0.6) is 0 Å². The highest BCUT2D eigenvalue weighted by Crippen LogP contribution is 2.57. The Morgan fingerprint density at radius 1 is 0.472 bits per heavy atom. The van der Waals surface area contributed by atoms with Gasteiger partial charge in [-0.3, -0.25) is 19.2 Å². The van der Waals surface area contributed by atoms with Gasteiger partial charge < -0.3 is 9.80 Å². The Morgan fingerprint density at radius 2 is 0.843 bits per heavy atom. The van der Waals surface area contributed by atoms with E-state index >= 15 is 26.3 Å². The molecule has 5 aromatic carbocycles. The van der Waals surface area contributed by atoms with Crippen molar-refractivity contribution in [2.75, 3.05) is 22.9 Å². The lowest BCUT2D eigenvalue weighted by atomic mass is 9.71. The van der Waals surface area contributed by atoms with Crippen molar-refractivity contribution >= 4 is 47.2 Å². The van der Waals surface area contributed by atoms with Gasteiger partial charge in [-0.25, -0.2) is 9.80 Å². The predicted molar refractivity (Wildman–Crippen MR) is 318 cm³/mol. The van der Waals surface area contributed by atoms with E-state index in [0.717, 1.165) is 99.1 Å². The number of rotatable bonds is 10. The molecule has 10 rings (SSSR count). The average Bonchev–Trinajstić information content (AvgIpc) is 1.71. The van der Waals surface area contributed by atoms with Gasteiger partial charge >= 0.3 is 12.4 Å². The fourth-order valence-electron chi connectivity index (χ4n) is 11.1. The Morgan fingerprint density at radius 3 is 1.18 bits per heavy atom. The third-order valence-electron chi connectivity index (χ3n) is 15.5. The normalized spacial score (nSPS) is 16.7. The molecular weight excluding hydrogens is 1150 g/mol. The highest BCUT2D eigenvalue weighted by atomic mass is 19.4. The summed E-state index contributed by atoms with van der Waals surface area (Å²) >= 11 is 0. The second-order valence-electron chi connectivity index (χ2n) is 21.1. The number of fused-ring (bicyclic) bond motifs is 2. The second-order valence-corrected chi connectivity index (χ2v) is 21.1. The van der Waals surface area contributed by atoms with Gasteiger partial charge in [0.2, 0.25) is 5.41 Å². The number of unbranched alkanes of at least 4 members (excludes halogenated alkanes) is 6. The highest BCUT2D eigenvalue weighted by Gasteiger charge is 2.73. The minimum Gasteiger partial charge on any atom is -0.367 e. The van der Waals surface area contributed by atoms with Gasteiger partial charge in [-0.1, -0.05) is 137 Å². The number of nitriles is 6.